The Hall–Kier alpha value is -2.59. The van der Waals surface area contributed by atoms with Crippen LogP contribution in [0.3, 0.4) is 0 Å². The van der Waals surface area contributed by atoms with Crippen LogP contribution >= 0.6 is 7.82 Å². The van der Waals surface area contributed by atoms with Crippen LogP contribution in [0.1, 0.15) is 22.3 Å². The summed E-state index contributed by atoms with van der Waals surface area (Å²) in [5.41, 5.74) is 3.95. The highest BCUT2D eigenvalue weighted by Crippen LogP contribution is 2.51. The SMILES string of the molecule is Cc1ccc(COP(=O)(OCc2ccc(C)cc2)Oc2cccc(O)c2)cc1. The van der Waals surface area contributed by atoms with Gasteiger partial charge in [0.1, 0.15) is 11.5 Å². The fourth-order valence-electron chi connectivity index (χ4n) is 2.44. The Balaban J connectivity index is 1.74. The molecule has 0 unspecified atom stereocenters. The van der Waals surface area contributed by atoms with Crippen LogP contribution in [0, 0.1) is 13.8 Å². The standard InChI is InChI=1S/C22H23O5P/c1-17-6-10-19(11-7-17)15-25-28(24,27-22-5-3-4-21(23)14-22)26-16-20-12-8-18(2)9-13-20/h3-14,23H,15-16H2,1-2H3. The molecule has 0 aromatic heterocycles. The first-order chi connectivity index (χ1) is 13.4. The van der Waals surface area contributed by atoms with Crippen molar-refractivity contribution < 1.29 is 23.2 Å². The molecule has 0 saturated heterocycles. The van der Waals surface area contributed by atoms with E-state index in [2.05, 4.69) is 0 Å². The Bertz CT molecular complexity index is 898. The van der Waals surface area contributed by atoms with Crippen molar-refractivity contribution in [3.05, 3.63) is 95.1 Å². The van der Waals surface area contributed by atoms with E-state index in [0.29, 0.717) is 0 Å². The molecule has 0 saturated carbocycles. The van der Waals surface area contributed by atoms with Crippen molar-refractivity contribution in [2.45, 2.75) is 27.1 Å². The van der Waals surface area contributed by atoms with Gasteiger partial charge < -0.3 is 9.63 Å². The van der Waals surface area contributed by atoms with Crippen LogP contribution in [-0.4, -0.2) is 5.11 Å². The molecule has 6 heteroatoms. The van der Waals surface area contributed by atoms with Crippen molar-refractivity contribution in [1.82, 2.24) is 0 Å². The zero-order valence-corrected chi connectivity index (χ0v) is 16.8. The van der Waals surface area contributed by atoms with Crippen molar-refractivity contribution in [3.63, 3.8) is 0 Å². The largest absolute Gasteiger partial charge is 0.530 e. The Kier molecular flexibility index (Phi) is 6.53. The highest BCUT2D eigenvalue weighted by molar-refractivity contribution is 7.48. The highest BCUT2D eigenvalue weighted by Gasteiger charge is 2.29. The van der Waals surface area contributed by atoms with Gasteiger partial charge in [-0.25, -0.2) is 4.57 Å². The maximum Gasteiger partial charge on any atom is 0.530 e. The van der Waals surface area contributed by atoms with Gasteiger partial charge in [-0.15, -0.1) is 0 Å². The van der Waals surface area contributed by atoms with Gasteiger partial charge in [0, 0.05) is 6.07 Å². The average molecular weight is 398 g/mol. The average Bonchev–Trinajstić information content (AvgIpc) is 2.67. The van der Waals surface area contributed by atoms with E-state index in [1.165, 1.54) is 12.1 Å². The lowest BCUT2D eigenvalue weighted by atomic mass is 10.2. The van der Waals surface area contributed by atoms with E-state index in [9.17, 15) is 9.67 Å². The smallest absolute Gasteiger partial charge is 0.508 e. The summed E-state index contributed by atoms with van der Waals surface area (Å²) in [5, 5.41) is 9.63. The third kappa shape index (κ3) is 5.96. The first-order valence-corrected chi connectivity index (χ1v) is 10.4. The van der Waals surface area contributed by atoms with Crippen molar-refractivity contribution in [2.24, 2.45) is 0 Å². The number of aromatic hydroxyl groups is 1. The van der Waals surface area contributed by atoms with Gasteiger partial charge in [-0.2, -0.15) is 0 Å². The lowest BCUT2D eigenvalue weighted by Gasteiger charge is -2.19. The third-order valence-electron chi connectivity index (χ3n) is 4.05. The molecule has 3 rings (SSSR count). The number of benzene rings is 3. The Labute approximate surface area is 165 Å². The number of hydrogen-bond acceptors (Lipinski definition) is 5. The molecule has 0 bridgehead atoms. The molecule has 3 aromatic carbocycles. The maximum atomic E-state index is 13.2. The van der Waals surface area contributed by atoms with Gasteiger partial charge in [-0.1, -0.05) is 65.7 Å². The number of phenolic OH excluding ortho intramolecular Hbond substituents is 1. The Morgan fingerprint density at radius 3 is 1.75 bits per heavy atom. The highest BCUT2D eigenvalue weighted by atomic mass is 31.2. The number of hydrogen-bond donors (Lipinski definition) is 1. The van der Waals surface area contributed by atoms with Crippen LogP contribution in [0.15, 0.2) is 72.8 Å². The summed E-state index contributed by atoms with van der Waals surface area (Å²) in [6.07, 6.45) is 0. The summed E-state index contributed by atoms with van der Waals surface area (Å²) in [5.74, 6) is 0.206. The molecule has 146 valence electrons. The van der Waals surface area contributed by atoms with Crippen molar-refractivity contribution >= 4 is 7.82 Å². The summed E-state index contributed by atoms with van der Waals surface area (Å²) >= 11 is 0. The van der Waals surface area contributed by atoms with E-state index < -0.39 is 7.82 Å². The summed E-state index contributed by atoms with van der Waals surface area (Å²) in [4.78, 5) is 0. The normalized spacial score (nSPS) is 11.4. The second kappa shape index (κ2) is 9.07. The fourth-order valence-corrected chi connectivity index (χ4v) is 3.60. The minimum atomic E-state index is -3.93. The van der Waals surface area contributed by atoms with E-state index in [1.807, 2.05) is 62.4 Å². The molecule has 0 aliphatic heterocycles. The van der Waals surface area contributed by atoms with Crippen LogP contribution < -0.4 is 4.52 Å². The predicted molar refractivity (Wildman–Crippen MR) is 108 cm³/mol. The summed E-state index contributed by atoms with van der Waals surface area (Å²) in [6.45, 7) is 4.13. The molecule has 0 heterocycles. The van der Waals surface area contributed by atoms with Crippen molar-refractivity contribution in [1.29, 1.82) is 0 Å². The molecular formula is C22H23O5P. The second-order valence-electron chi connectivity index (χ2n) is 6.55. The molecule has 28 heavy (non-hydrogen) atoms. The molecule has 1 N–H and O–H groups in total. The van der Waals surface area contributed by atoms with Gasteiger partial charge in [0.15, 0.2) is 0 Å². The van der Waals surface area contributed by atoms with Crippen LogP contribution in [0.2, 0.25) is 0 Å². The Morgan fingerprint density at radius 1 is 0.786 bits per heavy atom. The van der Waals surface area contributed by atoms with E-state index in [0.717, 1.165) is 22.3 Å². The lowest BCUT2D eigenvalue weighted by Crippen LogP contribution is -2.03. The molecule has 0 fully saturated rings. The van der Waals surface area contributed by atoms with Crippen LogP contribution in [0.25, 0.3) is 0 Å². The number of aryl methyl sites for hydroxylation is 2. The first-order valence-electron chi connectivity index (χ1n) is 8.91. The van der Waals surface area contributed by atoms with Crippen LogP contribution in [0.4, 0.5) is 0 Å². The van der Waals surface area contributed by atoms with Gasteiger partial charge in [0.05, 0.1) is 13.2 Å². The summed E-state index contributed by atoms with van der Waals surface area (Å²) in [7, 11) is -3.93. The van der Waals surface area contributed by atoms with Gasteiger partial charge in [0.2, 0.25) is 0 Å². The van der Waals surface area contributed by atoms with E-state index in [4.69, 9.17) is 13.6 Å². The monoisotopic (exact) mass is 398 g/mol. The van der Waals surface area contributed by atoms with Gasteiger partial charge >= 0.3 is 7.82 Å². The molecule has 5 nitrogen and oxygen atoms in total. The molecule has 3 aromatic rings. The van der Waals surface area contributed by atoms with Crippen LogP contribution in [0.5, 0.6) is 11.5 Å². The second-order valence-corrected chi connectivity index (χ2v) is 8.15. The summed E-state index contributed by atoms with van der Waals surface area (Å²) in [6, 6.07) is 21.4. The molecule has 0 amide bonds. The van der Waals surface area contributed by atoms with Gasteiger partial charge in [-0.05, 0) is 37.1 Å². The zero-order chi connectivity index (χ0) is 20.0. The molecule has 0 aliphatic rings. The maximum absolute atomic E-state index is 13.2. The quantitative estimate of drug-likeness (QED) is 0.477. The van der Waals surface area contributed by atoms with Gasteiger partial charge in [0.25, 0.3) is 0 Å². The number of phenols is 1. The minimum absolute atomic E-state index is 0.00104. The number of phosphoric acid groups is 1. The molecule has 0 radical (unpaired) electrons. The summed E-state index contributed by atoms with van der Waals surface area (Å²) < 4.78 is 29.9. The molecule has 0 spiro atoms. The van der Waals surface area contributed by atoms with E-state index in [-0.39, 0.29) is 24.7 Å². The van der Waals surface area contributed by atoms with Crippen molar-refractivity contribution in [3.8, 4) is 11.5 Å². The minimum Gasteiger partial charge on any atom is -0.508 e. The Morgan fingerprint density at radius 2 is 1.29 bits per heavy atom. The van der Waals surface area contributed by atoms with Gasteiger partial charge in [-0.3, -0.25) is 9.05 Å². The third-order valence-corrected chi connectivity index (χ3v) is 5.38. The molecular weight excluding hydrogens is 375 g/mol. The van der Waals surface area contributed by atoms with Crippen molar-refractivity contribution in [2.75, 3.05) is 0 Å². The van der Waals surface area contributed by atoms with E-state index in [1.54, 1.807) is 12.1 Å². The molecule has 0 atom stereocenters. The number of phosphoric ester groups is 1. The zero-order valence-electron chi connectivity index (χ0n) is 15.9. The number of rotatable bonds is 8. The first kappa shape index (κ1) is 20.2. The van der Waals surface area contributed by atoms with Crippen LogP contribution in [-0.2, 0) is 26.8 Å². The topological polar surface area (TPSA) is 65.0 Å². The molecule has 0 aliphatic carbocycles. The lowest BCUT2D eigenvalue weighted by molar-refractivity contribution is 0.143. The predicted octanol–water partition coefficient (Wildman–Crippen LogP) is 5.93. The van der Waals surface area contributed by atoms with E-state index >= 15 is 0 Å². The fraction of sp³-hybridized carbons (Fsp3) is 0.182.